The number of aliphatic carboxylic acids is 1. The summed E-state index contributed by atoms with van der Waals surface area (Å²) in [5.74, 6) is -2.80. The maximum atomic E-state index is 13.9. The second-order valence-electron chi connectivity index (χ2n) is 7.72. The average molecular weight is 491 g/mol. The van der Waals surface area contributed by atoms with Crippen molar-refractivity contribution in [1.82, 2.24) is 5.32 Å². The van der Waals surface area contributed by atoms with E-state index >= 15 is 0 Å². The number of alkyl halides is 3. The van der Waals surface area contributed by atoms with Crippen LogP contribution in [0, 0.1) is 11.6 Å². The van der Waals surface area contributed by atoms with Crippen LogP contribution in [0.5, 0.6) is 0 Å². The van der Waals surface area contributed by atoms with Crippen LogP contribution in [0.25, 0.3) is 31.7 Å². The molecule has 0 amide bonds. The zero-order chi connectivity index (χ0) is 24.5. The number of hydrogen-bond donors (Lipinski definition) is 2. The molecular weight excluding hydrogens is 473 g/mol. The summed E-state index contributed by atoms with van der Waals surface area (Å²) in [5.41, 5.74) is -0.203. The van der Waals surface area contributed by atoms with Crippen LogP contribution >= 0.6 is 11.3 Å². The van der Waals surface area contributed by atoms with Crippen molar-refractivity contribution in [2.75, 3.05) is 6.54 Å². The number of rotatable bonds is 7. The molecule has 34 heavy (non-hydrogen) atoms. The van der Waals surface area contributed by atoms with Gasteiger partial charge in [-0.2, -0.15) is 13.2 Å². The number of halogens is 5. The molecule has 1 heterocycles. The Balaban J connectivity index is 1.67. The molecule has 0 unspecified atom stereocenters. The SMILES string of the molecule is O=C(O)CCNCc1ccc2sc(-c3ccc(-c4cc(F)cc(F)c4)c(C(F)(F)F)c3)cc2c1. The normalized spacial score (nSPS) is 11.8. The molecule has 0 bridgehead atoms. The number of fused-ring (bicyclic) bond motifs is 1. The van der Waals surface area contributed by atoms with Crippen LogP contribution in [0.3, 0.4) is 0 Å². The Labute approximate surface area is 195 Å². The third-order valence-electron chi connectivity index (χ3n) is 5.21. The summed E-state index contributed by atoms with van der Waals surface area (Å²) in [7, 11) is 0. The smallest absolute Gasteiger partial charge is 0.417 e. The van der Waals surface area contributed by atoms with Crippen molar-refractivity contribution in [3.8, 4) is 21.6 Å². The number of benzene rings is 3. The Morgan fingerprint density at radius 1 is 0.912 bits per heavy atom. The van der Waals surface area contributed by atoms with E-state index in [1.807, 2.05) is 18.2 Å². The van der Waals surface area contributed by atoms with E-state index in [0.717, 1.165) is 33.8 Å². The molecule has 0 aliphatic rings. The van der Waals surface area contributed by atoms with Gasteiger partial charge in [0.05, 0.1) is 12.0 Å². The van der Waals surface area contributed by atoms with Crippen molar-refractivity contribution in [3.05, 3.63) is 83.4 Å². The molecule has 176 valence electrons. The zero-order valence-electron chi connectivity index (χ0n) is 17.5. The molecule has 3 nitrogen and oxygen atoms in total. The van der Waals surface area contributed by atoms with E-state index in [2.05, 4.69) is 5.32 Å². The Morgan fingerprint density at radius 3 is 2.32 bits per heavy atom. The average Bonchev–Trinajstić information content (AvgIpc) is 3.18. The second kappa shape index (κ2) is 9.52. The van der Waals surface area contributed by atoms with Crippen LogP contribution in [0.2, 0.25) is 0 Å². The van der Waals surface area contributed by atoms with Gasteiger partial charge < -0.3 is 10.4 Å². The minimum Gasteiger partial charge on any atom is -0.481 e. The highest BCUT2D eigenvalue weighted by Gasteiger charge is 2.34. The molecule has 0 fully saturated rings. The van der Waals surface area contributed by atoms with Gasteiger partial charge in [-0.25, -0.2) is 8.78 Å². The topological polar surface area (TPSA) is 49.3 Å². The van der Waals surface area contributed by atoms with Crippen molar-refractivity contribution >= 4 is 27.4 Å². The predicted molar refractivity (Wildman–Crippen MR) is 122 cm³/mol. The summed E-state index contributed by atoms with van der Waals surface area (Å²) in [5, 5.41) is 12.6. The summed E-state index contributed by atoms with van der Waals surface area (Å²) in [4.78, 5) is 11.2. The van der Waals surface area contributed by atoms with Gasteiger partial charge in [-0.15, -0.1) is 11.3 Å². The van der Waals surface area contributed by atoms with Crippen LogP contribution in [0.1, 0.15) is 17.5 Å². The van der Waals surface area contributed by atoms with Gasteiger partial charge in [0.2, 0.25) is 0 Å². The first kappa shape index (κ1) is 23.8. The molecule has 2 N–H and O–H groups in total. The lowest BCUT2D eigenvalue weighted by Crippen LogP contribution is -2.17. The first-order valence-electron chi connectivity index (χ1n) is 10.2. The summed E-state index contributed by atoms with van der Waals surface area (Å²) >= 11 is 1.33. The zero-order valence-corrected chi connectivity index (χ0v) is 18.4. The molecule has 0 aliphatic heterocycles. The monoisotopic (exact) mass is 491 g/mol. The van der Waals surface area contributed by atoms with Crippen LogP contribution in [0.4, 0.5) is 22.0 Å². The number of hydrogen-bond acceptors (Lipinski definition) is 3. The van der Waals surface area contributed by atoms with E-state index in [9.17, 15) is 26.7 Å². The van der Waals surface area contributed by atoms with E-state index in [0.29, 0.717) is 29.6 Å². The lowest BCUT2D eigenvalue weighted by molar-refractivity contribution is -0.137. The van der Waals surface area contributed by atoms with Gasteiger partial charge in [-0.1, -0.05) is 18.2 Å². The van der Waals surface area contributed by atoms with Crippen LogP contribution in [-0.2, 0) is 17.5 Å². The Hall–Kier alpha value is -3.30. The van der Waals surface area contributed by atoms with Gasteiger partial charge in [-0.3, -0.25) is 4.79 Å². The summed E-state index contributed by atoms with van der Waals surface area (Å²) in [6.07, 6.45) is -4.72. The lowest BCUT2D eigenvalue weighted by atomic mass is 9.96. The standard InChI is InChI=1S/C25H18F5NO2S/c26-18-8-16(9-19(27)12-18)20-3-2-15(10-21(20)25(28,29)30)23-11-17-7-14(1-4-22(17)34-23)13-31-6-5-24(32)33/h1-4,7-12,31H,5-6,13H2,(H,32,33). The third kappa shape index (κ3) is 5.43. The lowest BCUT2D eigenvalue weighted by Gasteiger charge is -2.15. The largest absolute Gasteiger partial charge is 0.481 e. The van der Waals surface area contributed by atoms with E-state index in [-0.39, 0.29) is 17.5 Å². The molecule has 0 radical (unpaired) electrons. The van der Waals surface area contributed by atoms with Gasteiger partial charge in [0.1, 0.15) is 11.6 Å². The fourth-order valence-electron chi connectivity index (χ4n) is 3.67. The molecule has 0 saturated carbocycles. The summed E-state index contributed by atoms with van der Waals surface area (Å²) in [6.45, 7) is 0.787. The van der Waals surface area contributed by atoms with Gasteiger partial charge in [0.25, 0.3) is 0 Å². The first-order chi connectivity index (χ1) is 16.1. The van der Waals surface area contributed by atoms with Crippen molar-refractivity contribution in [2.24, 2.45) is 0 Å². The molecule has 4 aromatic rings. The number of carboxylic acid groups (broad SMARTS) is 1. The fraction of sp³-hybridized carbons (Fsp3) is 0.160. The van der Waals surface area contributed by atoms with Gasteiger partial charge in [0, 0.05) is 28.7 Å². The Bertz CT molecular complexity index is 1340. The Kier molecular flexibility index (Phi) is 6.67. The minimum absolute atomic E-state index is 0.00460. The van der Waals surface area contributed by atoms with Crippen LogP contribution in [0.15, 0.2) is 60.7 Å². The molecule has 1 aromatic heterocycles. The van der Waals surface area contributed by atoms with E-state index in [1.54, 1.807) is 6.07 Å². The molecule has 0 spiro atoms. The number of thiophene rings is 1. The molecular formula is C25H18F5NO2S. The van der Waals surface area contributed by atoms with Gasteiger partial charge in [-0.05, 0) is 64.0 Å². The maximum absolute atomic E-state index is 13.9. The number of nitrogens with one attached hydrogen (secondary N) is 1. The number of carboxylic acids is 1. The summed E-state index contributed by atoms with van der Waals surface area (Å²) < 4.78 is 69.7. The summed E-state index contributed by atoms with van der Waals surface area (Å²) in [6, 6.07) is 13.5. The van der Waals surface area contributed by atoms with Crippen molar-refractivity contribution < 1.29 is 31.9 Å². The number of carbonyl (C=O) groups is 1. The van der Waals surface area contributed by atoms with Crippen molar-refractivity contribution in [3.63, 3.8) is 0 Å². The highest BCUT2D eigenvalue weighted by atomic mass is 32.1. The molecule has 0 atom stereocenters. The van der Waals surface area contributed by atoms with Crippen molar-refractivity contribution in [2.45, 2.75) is 19.1 Å². The quantitative estimate of drug-likeness (QED) is 0.214. The van der Waals surface area contributed by atoms with Gasteiger partial charge >= 0.3 is 12.1 Å². The van der Waals surface area contributed by atoms with Crippen molar-refractivity contribution in [1.29, 1.82) is 0 Å². The second-order valence-corrected chi connectivity index (χ2v) is 8.80. The molecule has 3 aromatic carbocycles. The fourth-order valence-corrected chi connectivity index (χ4v) is 4.71. The Morgan fingerprint density at radius 2 is 1.65 bits per heavy atom. The van der Waals surface area contributed by atoms with E-state index in [4.69, 9.17) is 5.11 Å². The predicted octanol–water partition coefficient (Wildman–Crippen LogP) is 7.10. The van der Waals surface area contributed by atoms with E-state index < -0.39 is 29.3 Å². The van der Waals surface area contributed by atoms with Crippen LogP contribution < -0.4 is 5.32 Å². The molecule has 0 aliphatic carbocycles. The highest BCUT2D eigenvalue weighted by Crippen LogP contribution is 2.42. The molecule has 4 rings (SSSR count). The molecule has 0 saturated heterocycles. The maximum Gasteiger partial charge on any atom is 0.417 e. The third-order valence-corrected chi connectivity index (χ3v) is 6.37. The minimum atomic E-state index is -4.72. The van der Waals surface area contributed by atoms with Crippen LogP contribution in [-0.4, -0.2) is 17.6 Å². The first-order valence-corrected chi connectivity index (χ1v) is 11.0. The molecule has 9 heteroatoms. The van der Waals surface area contributed by atoms with E-state index in [1.165, 1.54) is 23.5 Å². The highest BCUT2D eigenvalue weighted by molar-refractivity contribution is 7.22. The van der Waals surface area contributed by atoms with Gasteiger partial charge in [0.15, 0.2) is 0 Å².